The summed E-state index contributed by atoms with van der Waals surface area (Å²) in [6, 6.07) is 2.38. The molecule has 0 bridgehead atoms. The van der Waals surface area contributed by atoms with Crippen LogP contribution >= 0.6 is 0 Å². The Morgan fingerprint density at radius 2 is 1.70 bits per heavy atom. The molecule has 4 N–H and O–H groups in total. The summed E-state index contributed by atoms with van der Waals surface area (Å²) in [4.78, 5) is 0. The minimum absolute atomic E-state index is 0.0340. The summed E-state index contributed by atoms with van der Waals surface area (Å²) in [7, 11) is 0. The number of fused-ring (bicyclic) bond motifs is 1. The Balaban J connectivity index is 2.54. The zero-order valence-corrected chi connectivity index (χ0v) is 11.2. The molecule has 2 aromatic rings. The molecule has 128 valence electrons. The monoisotopic (exact) mass is 347 g/mol. The summed E-state index contributed by atoms with van der Waals surface area (Å²) in [5.41, 5.74) is 3.10. The standard InChI is InChI=1S/C10H9F7N6/c11-8(12,9(13,14)10(15,16)17)7-21-20-6-2-1-5(19-4-3-18)22-23(6)7/h1-2H,3-4,18H2,(H,19,22)/p+1. The van der Waals surface area contributed by atoms with Gasteiger partial charge in [0.05, 0.1) is 13.1 Å². The lowest BCUT2D eigenvalue weighted by molar-refractivity contribution is -0.363. The molecule has 0 unspecified atom stereocenters. The molecule has 0 fully saturated rings. The van der Waals surface area contributed by atoms with E-state index in [9.17, 15) is 30.7 Å². The molecule has 13 heteroatoms. The number of quaternary nitrogens is 1. The number of aromatic nitrogens is 4. The molecule has 0 amide bonds. The minimum atomic E-state index is -6.47. The van der Waals surface area contributed by atoms with E-state index in [-0.39, 0.29) is 16.9 Å². The van der Waals surface area contributed by atoms with Crippen LogP contribution < -0.4 is 11.1 Å². The van der Waals surface area contributed by atoms with Crippen molar-refractivity contribution in [1.82, 2.24) is 19.8 Å². The third-order valence-electron chi connectivity index (χ3n) is 2.78. The van der Waals surface area contributed by atoms with E-state index in [0.29, 0.717) is 6.54 Å². The molecule has 2 rings (SSSR count). The van der Waals surface area contributed by atoms with Gasteiger partial charge in [-0.25, -0.2) is 0 Å². The van der Waals surface area contributed by atoms with Crippen LogP contribution in [0.2, 0.25) is 0 Å². The molecule has 0 atom stereocenters. The van der Waals surface area contributed by atoms with Crippen LogP contribution in [-0.4, -0.2) is 45.0 Å². The lowest BCUT2D eigenvalue weighted by Crippen LogP contribution is -2.53. The first-order valence-corrected chi connectivity index (χ1v) is 6.11. The maximum Gasteiger partial charge on any atom is 0.460 e. The maximum atomic E-state index is 13.7. The number of nitrogens with one attached hydrogen (secondary N) is 1. The molecule has 0 saturated heterocycles. The largest absolute Gasteiger partial charge is 0.460 e. The van der Waals surface area contributed by atoms with Gasteiger partial charge in [-0.3, -0.25) is 0 Å². The fourth-order valence-corrected chi connectivity index (χ4v) is 1.61. The molecule has 0 aliphatic heterocycles. The van der Waals surface area contributed by atoms with Crippen LogP contribution in [0.25, 0.3) is 5.65 Å². The summed E-state index contributed by atoms with van der Waals surface area (Å²) in [5.74, 6) is -13.9. The average Bonchev–Trinajstić information content (AvgIpc) is 2.87. The first kappa shape index (κ1) is 17.2. The fraction of sp³-hybridized carbons (Fsp3) is 0.500. The van der Waals surface area contributed by atoms with E-state index in [1.807, 2.05) is 0 Å². The van der Waals surface area contributed by atoms with E-state index < -0.39 is 29.5 Å². The van der Waals surface area contributed by atoms with E-state index in [4.69, 9.17) is 0 Å². The molecule has 0 aliphatic rings. The topological polar surface area (TPSA) is 82.8 Å². The van der Waals surface area contributed by atoms with E-state index in [2.05, 4.69) is 26.3 Å². The first-order chi connectivity index (χ1) is 10.5. The third-order valence-corrected chi connectivity index (χ3v) is 2.78. The van der Waals surface area contributed by atoms with Crippen LogP contribution in [0.1, 0.15) is 5.82 Å². The molecule has 0 aliphatic carbocycles. The predicted molar refractivity (Wildman–Crippen MR) is 61.9 cm³/mol. The number of rotatable bonds is 5. The number of halogens is 7. The Labute approximate surface area is 123 Å². The summed E-state index contributed by atoms with van der Waals surface area (Å²) in [5, 5.41) is 12.0. The van der Waals surface area contributed by atoms with Crippen molar-refractivity contribution in [1.29, 1.82) is 0 Å². The highest BCUT2D eigenvalue weighted by molar-refractivity contribution is 5.44. The van der Waals surface area contributed by atoms with E-state index in [0.717, 1.165) is 6.07 Å². The molecule has 0 radical (unpaired) electrons. The summed E-state index contributed by atoms with van der Waals surface area (Å²) >= 11 is 0. The summed E-state index contributed by atoms with van der Waals surface area (Å²) in [6.07, 6.45) is -6.47. The average molecular weight is 347 g/mol. The fourth-order valence-electron chi connectivity index (χ4n) is 1.61. The van der Waals surface area contributed by atoms with Crippen molar-refractivity contribution in [2.45, 2.75) is 18.0 Å². The quantitative estimate of drug-likeness (QED) is 0.793. The molecule has 0 aromatic carbocycles. The van der Waals surface area contributed by atoms with Crippen molar-refractivity contribution in [3.05, 3.63) is 18.0 Å². The van der Waals surface area contributed by atoms with E-state index in [1.165, 1.54) is 6.07 Å². The zero-order valence-electron chi connectivity index (χ0n) is 11.2. The van der Waals surface area contributed by atoms with Crippen molar-refractivity contribution in [3.8, 4) is 0 Å². The maximum absolute atomic E-state index is 13.7. The number of alkyl halides is 7. The SMILES string of the molecule is [NH3+]CCNc1ccc2nnc(C(F)(F)C(F)(F)C(F)(F)F)n2n1. The predicted octanol–water partition coefficient (Wildman–Crippen LogP) is 1.07. The van der Waals surface area contributed by atoms with Gasteiger partial charge in [0.25, 0.3) is 0 Å². The highest BCUT2D eigenvalue weighted by Gasteiger charge is 2.75. The molecule has 0 spiro atoms. The van der Waals surface area contributed by atoms with Crippen molar-refractivity contribution in [2.75, 3.05) is 18.4 Å². The normalized spacial score (nSPS) is 13.6. The molecular weight excluding hydrogens is 337 g/mol. The van der Waals surface area contributed by atoms with Crippen LogP contribution in [0.4, 0.5) is 36.6 Å². The van der Waals surface area contributed by atoms with Gasteiger partial charge in [0.15, 0.2) is 5.65 Å². The smallest absolute Gasteiger partial charge is 0.363 e. The Kier molecular flexibility index (Phi) is 4.09. The van der Waals surface area contributed by atoms with Crippen LogP contribution in [0.3, 0.4) is 0 Å². The number of hydrogen-bond acceptors (Lipinski definition) is 4. The Bertz CT molecular complexity index is 695. The number of nitrogens with zero attached hydrogens (tertiary/aromatic N) is 4. The second-order valence-corrected chi connectivity index (χ2v) is 4.44. The molecular formula is C10H10F7N6+. The van der Waals surface area contributed by atoms with Crippen LogP contribution in [0.5, 0.6) is 0 Å². The Morgan fingerprint density at radius 3 is 2.26 bits per heavy atom. The lowest BCUT2D eigenvalue weighted by Gasteiger charge is -2.26. The second kappa shape index (κ2) is 5.47. The summed E-state index contributed by atoms with van der Waals surface area (Å²) in [6.45, 7) is 0.683. The number of anilines is 1. The first-order valence-electron chi connectivity index (χ1n) is 6.11. The van der Waals surface area contributed by atoms with Gasteiger partial charge in [0.2, 0.25) is 5.82 Å². The zero-order chi connectivity index (χ0) is 17.5. The lowest BCUT2D eigenvalue weighted by atomic mass is 10.1. The van der Waals surface area contributed by atoms with Gasteiger partial charge >= 0.3 is 18.0 Å². The van der Waals surface area contributed by atoms with Gasteiger partial charge < -0.3 is 11.1 Å². The molecule has 2 aromatic heterocycles. The van der Waals surface area contributed by atoms with Crippen molar-refractivity contribution in [2.24, 2.45) is 0 Å². The molecule has 6 nitrogen and oxygen atoms in total. The highest BCUT2D eigenvalue weighted by Crippen LogP contribution is 2.51. The van der Waals surface area contributed by atoms with Crippen molar-refractivity contribution < 1.29 is 36.5 Å². The van der Waals surface area contributed by atoms with Crippen molar-refractivity contribution in [3.63, 3.8) is 0 Å². The van der Waals surface area contributed by atoms with E-state index in [1.54, 1.807) is 0 Å². The van der Waals surface area contributed by atoms with Gasteiger partial charge in [-0.15, -0.1) is 15.3 Å². The Morgan fingerprint density at radius 1 is 1.04 bits per heavy atom. The van der Waals surface area contributed by atoms with Crippen LogP contribution in [0.15, 0.2) is 12.1 Å². The summed E-state index contributed by atoms with van der Waals surface area (Å²) < 4.78 is 90.5. The van der Waals surface area contributed by atoms with E-state index >= 15 is 0 Å². The van der Waals surface area contributed by atoms with Gasteiger partial charge in [0.1, 0.15) is 5.82 Å². The second-order valence-electron chi connectivity index (χ2n) is 4.44. The highest BCUT2D eigenvalue weighted by atomic mass is 19.4. The third kappa shape index (κ3) is 2.75. The van der Waals surface area contributed by atoms with Crippen LogP contribution in [0, 0.1) is 0 Å². The minimum Gasteiger partial charge on any atom is -0.363 e. The van der Waals surface area contributed by atoms with Crippen LogP contribution in [-0.2, 0) is 5.92 Å². The van der Waals surface area contributed by atoms with Gasteiger partial charge in [0, 0.05) is 0 Å². The molecule has 0 saturated carbocycles. The van der Waals surface area contributed by atoms with Crippen molar-refractivity contribution >= 4 is 11.5 Å². The van der Waals surface area contributed by atoms with Gasteiger partial charge in [-0.2, -0.15) is 35.2 Å². The molecule has 23 heavy (non-hydrogen) atoms. The van der Waals surface area contributed by atoms with Gasteiger partial charge in [-0.1, -0.05) is 0 Å². The molecule has 2 heterocycles. The Hall–Kier alpha value is -2.18. The number of hydrogen-bond donors (Lipinski definition) is 2. The van der Waals surface area contributed by atoms with Gasteiger partial charge in [-0.05, 0) is 12.1 Å².